The van der Waals surface area contributed by atoms with Gasteiger partial charge in [-0.25, -0.2) is 0 Å². The minimum atomic E-state index is -0.232. The third-order valence-corrected chi connectivity index (χ3v) is 2.56. The van der Waals surface area contributed by atoms with Crippen LogP contribution in [0.2, 0.25) is 0 Å². The molecule has 1 aliphatic rings. The molecule has 0 radical (unpaired) electrons. The van der Waals surface area contributed by atoms with Crippen LogP contribution in [0, 0.1) is 10.8 Å². The number of ether oxygens (including phenoxy) is 1. The minimum absolute atomic E-state index is 0.0365. The van der Waals surface area contributed by atoms with Crippen LogP contribution in [0.1, 0.15) is 40.5 Å². The van der Waals surface area contributed by atoms with Crippen LogP contribution in [0.4, 0.5) is 0 Å². The van der Waals surface area contributed by atoms with Crippen LogP contribution in [0.25, 0.3) is 0 Å². The molecule has 1 fully saturated rings. The Morgan fingerprint density at radius 2 is 2.12 bits per heavy atom. The molecule has 1 heterocycles. The van der Waals surface area contributed by atoms with Gasteiger partial charge in [-0.15, -0.1) is 0 Å². The van der Waals surface area contributed by atoms with Gasteiger partial charge in [0.1, 0.15) is 0 Å². The molecule has 1 saturated heterocycles. The van der Waals surface area contributed by atoms with Crippen LogP contribution < -0.4 is 5.32 Å². The van der Waals surface area contributed by atoms with Crippen LogP contribution in [-0.4, -0.2) is 25.0 Å². The molecule has 1 atom stereocenters. The number of hydrogen-bond acceptors (Lipinski definition) is 3. The van der Waals surface area contributed by atoms with E-state index in [1.165, 1.54) is 0 Å². The van der Waals surface area contributed by atoms with E-state index in [0.717, 1.165) is 0 Å². The first-order valence-electron chi connectivity index (χ1n) is 5.63. The van der Waals surface area contributed by atoms with Crippen molar-refractivity contribution in [3.8, 4) is 0 Å². The second kappa shape index (κ2) is 4.44. The normalized spacial score (nSPS) is 25.4. The molecule has 0 bridgehead atoms. The molecule has 4 nitrogen and oxygen atoms in total. The lowest BCUT2D eigenvalue weighted by Crippen LogP contribution is -2.28. The fourth-order valence-electron chi connectivity index (χ4n) is 1.67. The summed E-state index contributed by atoms with van der Waals surface area (Å²) >= 11 is 0. The Morgan fingerprint density at radius 1 is 1.50 bits per heavy atom. The van der Waals surface area contributed by atoms with Crippen molar-refractivity contribution >= 4 is 11.9 Å². The second-order valence-corrected chi connectivity index (χ2v) is 6.16. The average Bonchev–Trinajstić information content (AvgIpc) is 2.41. The number of nitrogens with one attached hydrogen (secondary N) is 1. The lowest BCUT2D eigenvalue weighted by Gasteiger charge is -2.22. The zero-order valence-corrected chi connectivity index (χ0v) is 10.6. The van der Waals surface area contributed by atoms with Gasteiger partial charge in [-0.2, -0.15) is 0 Å². The molecule has 0 spiro atoms. The summed E-state index contributed by atoms with van der Waals surface area (Å²) in [6.07, 6.45) is 0.847. The van der Waals surface area contributed by atoms with Crippen molar-refractivity contribution in [2.24, 2.45) is 10.8 Å². The summed E-state index contributed by atoms with van der Waals surface area (Å²) in [5.41, 5.74) is -0.285. The standard InChI is InChI=1S/C12H21NO3/c1-11(2,3)6-10(15)16-8-12(4)5-9(14)13-7-12/h5-8H2,1-4H3,(H,13,14). The average molecular weight is 227 g/mol. The smallest absolute Gasteiger partial charge is 0.306 e. The highest BCUT2D eigenvalue weighted by atomic mass is 16.5. The van der Waals surface area contributed by atoms with Crippen molar-refractivity contribution in [2.45, 2.75) is 40.5 Å². The van der Waals surface area contributed by atoms with Gasteiger partial charge in [0, 0.05) is 18.4 Å². The Kier molecular flexibility index (Phi) is 3.61. The van der Waals surface area contributed by atoms with Crippen molar-refractivity contribution in [1.82, 2.24) is 5.32 Å². The summed E-state index contributed by atoms with van der Waals surface area (Å²) in [6, 6.07) is 0. The van der Waals surface area contributed by atoms with E-state index in [2.05, 4.69) is 5.32 Å². The Bertz CT molecular complexity index is 293. The maximum absolute atomic E-state index is 11.5. The molecule has 1 N–H and O–H groups in total. The first-order chi connectivity index (χ1) is 7.20. The SMILES string of the molecule is CC(C)(C)CC(=O)OCC1(C)CNC(=O)C1. The van der Waals surface area contributed by atoms with Crippen LogP contribution in [-0.2, 0) is 14.3 Å². The van der Waals surface area contributed by atoms with Crippen molar-refractivity contribution in [1.29, 1.82) is 0 Å². The van der Waals surface area contributed by atoms with Crippen LogP contribution in [0.5, 0.6) is 0 Å². The molecule has 0 aromatic rings. The highest BCUT2D eigenvalue weighted by molar-refractivity contribution is 5.79. The molecule has 0 saturated carbocycles. The van der Waals surface area contributed by atoms with E-state index >= 15 is 0 Å². The number of carbonyl (C=O) groups excluding carboxylic acids is 2. The number of carbonyl (C=O) groups is 2. The van der Waals surface area contributed by atoms with Gasteiger partial charge in [-0.05, 0) is 5.41 Å². The topological polar surface area (TPSA) is 55.4 Å². The largest absolute Gasteiger partial charge is 0.465 e. The first kappa shape index (κ1) is 13.0. The summed E-state index contributed by atoms with van der Waals surface area (Å²) in [4.78, 5) is 22.6. The Labute approximate surface area is 96.7 Å². The number of amides is 1. The van der Waals surface area contributed by atoms with Gasteiger partial charge in [0.2, 0.25) is 5.91 Å². The molecule has 1 amide bonds. The Balaban J connectivity index is 2.35. The molecule has 16 heavy (non-hydrogen) atoms. The zero-order chi connectivity index (χ0) is 12.4. The van der Waals surface area contributed by atoms with E-state index in [-0.39, 0.29) is 22.7 Å². The molecule has 1 aliphatic heterocycles. The second-order valence-electron chi connectivity index (χ2n) is 6.16. The van der Waals surface area contributed by atoms with Gasteiger partial charge in [0.15, 0.2) is 0 Å². The summed E-state index contributed by atoms with van der Waals surface area (Å²) in [6.45, 7) is 8.86. The molecule has 1 rings (SSSR count). The van der Waals surface area contributed by atoms with E-state index in [9.17, 15) is 9.59 Å². The molecule has 0 aromatic carbocycles. The van der Waals surface area contributed by atoms with Gasteiger partial charge in [-0.3, -0.25) is 9.59 Å². The third kappa shape index (κ3) is 4.21. The molecular weight excluding hydrogens is 206 g/mol. The van der Waals surface area contributed by atoms with Gasteiger partial charge in [-0.1, -0.05) is 27.7 Å². The fraction of sp³-hybridized carbons (Fsp3) is 0.833. The van der Waals surface area contributed by atoms with Gasteiger partial charge < -0.3 is 10.1 Å². The highest BCUT2D eigenvalue weighted by Gasteiger charge is 2.35. The summed E-state index contributed by atoms with van der Waals surface area (Å²) in [7, 11) is 0. The Hall–Kier alpha value is -1.06. The zero-order valence-electron chi connectivity index (χ0n) is 10.6. The summed E-state index contributed by atoms with van der Waals surface area (Å²) in [5, 5.41) is 2.75. The van der Waals surface area contributed by atoms with E-state index in [0.29, 0.717) is 26.0 Å². The molecular formula is C12H21NO3. The number of esters is 1. The molecule has 4 heteroatoms. The monoisotopic (exact) mass is 227 g/mol. The molecule has 0 aliphatic carbocycles. The van der Waals surface area contributed by atoms with Crippen molar-refractivity contribution in [2.75, 3.05) is 13.2 Å². The highest BCUT2D eigenvalue weighted by Crippen LogP contribution is 2.26. The van der Waals surface area contributed by atoms with Crippen LogP contribution >= 0.6 is 0 Å². The van der Waals surface area contributed by atoms with E-state index in [1.807, 2.05) is 27.7 Å². The van der Waals surface area contributed by atoms with Crippen LogP contribution in [0.3, 0.4) is 0 Å². The number of rotatable bonds is 3. The minimum Gasteiger partial charge on any atom is -0.465 e. The predicted molar refractivity (Wildman–Crippen MR) is 60.8 cm³/mol. The summed E-state index contributed by atoms with van der Waals surface area (Å²) < 4.78 is 5.22. The molecule has 92 valence electrons. The summed E-state index contributed by atoms with van der Waals surface area (Å²) in [5.74, 6) is -0.151. The van der Waals surface area contributed by atoms with Crippen LogP contribution in [0.15, 0.2) is 0 Å². The van der Waals surface area contributed by atoms with E-state index < -0.39 is 0 Å². The van der Waals surface area contributed by atoms with Gasteiger partial charge >= 0.3 is 5.97 Å². The van der Waals surface area contributed by atoms with E-state index in [4.69, 9.17) is 4.74 Å². The maximum Gasteiger partial charge on any atom is 0.306 e. The predicted octanol–water partition coefficient (Wildman–Crippen LogP) is 1.49. The molecule has 1 unspecified atom stereocenters. The van der Waals surface area contributed by atoms with E-state index in [1.54, 1.807) is 0 Å². The quantitative estimate of drug-likeness (QED) is 0.743. The molecule has 0 aromatic heterocycles. The fourth-order valence-corrected chi connectivity index (χ4v) is 1.67. The van der Waals surface area contributed by atoms with Crippen molar-refractivity contribution in [3.63, 3.8) is 0 Å². The van der Waals surface area contributed by atoms with Gasteiger partial charge in [0.05, 0.1) is 13.0 Å². The van der Waals surface area contributed by atoms with Crippen molar-refractivity contribution in [3.05, 3.63) is 0 Å². The van der Waals surface area contributed by atoms with Crippen molar-refractivity contribution < 1.29 is 14.3 Å². The number of hydrogen-bond donors (Lipinski definition) is 1. The first-order valence-corrected chi connectivity index (χ1v) is 5.63. The maximum atomic E-state index is 11.5. The van der Waals surface area contributed by atoms with Gasteiger partial charge in [0.25, 0.3) is 0 Å². The third-order valence-electron chi connectivity index (χ3n) is 2.56. The Morgan fingerprint density at radius 3 is 2.56 bits per heavy atom. The lowest BCUT2D eigenvalue weighted by atomic mass is 9.90. The lowest BCUT2D eigenvalue weighted by molar-refractivity contribution is -0.149.